The van der Waals surface area contributed by atoms with Gasteiger partial charge in [-0.1, -0.05) is 38.5 Å². The van der Waals surface area contributed by atoms with Crippen molar-refractivity contribution in [1.82, 2.24) is 35.2 Å². The molecule has 3 heterocycles. The van der Waals surface area contributed by atoms with E-state index >= 15 is 9.59 Å². The highest BCUT2D eigenvalue weighted by Gasteiger charge is 2.61. The zero-order chi connectivity index (χ0) is 47.8. The molecule has 16 heteroatoms. The molecular formula is C49H74FN7O8. The van der Waals surface area contributed by atoms with E-state index in [4.69, 9.17) is 9.47 Å². The molecule has 6 amide bonds. The minimum atomic E-state index is -0.941. The Morgan fingerprint density at radius 3 is 1.72 bits per heavy atom. The lowest BCUT2D eigenvalue weighted by Crippen LogP contribution is -2.61. The number of rotatable bonds is 11. The summed E-state index contributed by atoms with van der Waals surface area (Å²) in [7, 11) is 3.01. The Labute approximate surface area is 384 Å². The summed E-state index contributed by atoms with van der Waals surface area (Å²) >= 11 is 0. The highest BCUT2D eigenvalue weighted by Crippen LogP contribution is 2.50. The number of carbonyl (C=O) groups is 6. The number of ether oxygens (including phenoxy) is 2. The number of aromatic nitrogens is 1. The van der Waals surface area contributed by atoms with Crippen LogP contribution < -0.4 is 10.6 Å². The number of aromatic amines is 1. The summed E-state index contributed by atoms with van der Waals surface area (Å²) in [5, 5.41) is 6.99. The molecule has 7 atom stereocenters. The standard InChI is InChI=1S/C49H74FN7O8/c1-29(54(10)45(62)64-47(3,4)5)41(58)52-38(31-18-14-12-15-19-31)43(60)56-25-24-49(9)40(56)36(35-27-51-37-26-33(50)22-23-34(35)37)28-57(49)44(61)39(32-20-16-13-17-21-32)53-42(59)30(2)55(11)46(63)65-48(6,7)8/h22-23,26-27,29-32,36,38-40,51H,12-21,24-25,28H2,1-11H3,(H,52,58)(H,53,59)/t29-,30-,36+,38-,39-,40+,49+/m0/s1. The van der Waals surface area contributed by atoms with Crippen LogP contribution >= 0.6 is 0 Å². The Morgan fingerprint density at radius 1 is 0.769 bits per heavy atom. The predicted molar refractivity (Wildman–Crippen MR) is 245 cm³/mol. The molecule has 3 N–H and O–H groups in total. The van der Waals surface area contributed by atoms with Gasteiger partial charge in [-0.25, -0.2) is 14.0 Å². The van der Waals surface area contributed by atoms with Gasteiger partial charge in [0.15, 0.2) is 0 Å². The van der Waals surface area contributed by atoms with E-state index in [1.807, 2.05) is 22.9 Å². The molecule has 1 aromatic carbocycles. The van der Waals surface area contributed by atoms with Crippen LogP contribution in [0.4, 0.5) is 14.0 Å². The quantitative estimate of drug-likeness (QED) is 0.212. The molecular weight excluding hydrogens is 834 g/mol. The molecule has 2 aliphatic carbocycles. The van der Waals surface area contributed by atoms with Crippen LogP contribution in [0.1, 0.15) is 144 Å². The number of nitrogens with one attached hydrogen (secondary N) is 3. The van der Waals surface area contributed by atoms with Gasteiger partial charge in [0.1, 0.15) is 41.2 Å². The van der Waals surface area contributed by atoms with Crippen LogP contribution in [0.15, 0.2) is 24.4 Å². The number of likely N-dealkylation sites (N-methyl/N-ethyl adjacent to an activating group) is 2. The van der Waals surface area contributed by atoms with Crippen LogP contribution in [-0.2, 0) is 28.7 Å². The van der Waals surface area contributed by atoms with Gasteiger partial charge < -0.3 is 34.9 Å². The van der Waals surface area contributed by atoms with Crippen molar-refractivity contribution >= 4 is 46.7 Å². The molecule has 0 bridgehead atoms. The maximum atomic E-state index is 15.5. The lowest BCUT2D eigenvalue weighted by atomic mass is 9.81. The SMILES string of the molecule is C[C@@H](C(=O)N[C@H](C(=O)N1CC[C@]2(C)[C@H]1[C@@H](c1c[nH]c3cc(F)ccc13)CN2C(=O)[C@@H](NC(=O)[C@H](C)N(C)C(=O)OC(C)(C)C)C1CCCCC1)C1CCCCC1)N(C)C(=O)OC(C)(C)C. The number of nitrogens with zero attached hydrogens (tertiary/aromatic N) is 4. The van der Waals surface area contributed by atoms with Crippen LogP contribution in [0, 0.1) is 17.7 Å². The topological polar surface area (TPSA) is 174 Å². The van der Waals surface area contributed by atoms with E-state index < -0.39 is 82.7 Å². The van der Waals surface area contributed by atoms with Crippen molar-refractivity contribution in [3.8, 4) is 0 Å². The summed E-state index contributed by atoms with van der Waals surface area (Å²) in [4.78, 5) is 94.7. The molecule has 65 heavy (non-hydrogen) atoms. The van der Waals surface area contributed by atoms with Crippen LogP contribution in [0.5, 0.6) is 0 Å². The first-order chi connectivity index (χ1) is 30.4. The maximum absolute atomic E-state index is 15.5. The normalized spacial score (nSPS) is 23.8. The third-order valence-electron chi connectivity index (χ3n) is 14.5. The summed E-state index contributed by atoms with van der Waals surface area (Å²) in [6.45, 7) is 16.3. The van der Waals surface area contributed by atoms with Crippen LogP contribution in [0.2, 0.25) is 0 Å². The summed E-state index contributed by atoms with van der Waals surface area (Å²) in [6.07, 6.45) is 9.66. The monoisotopic (exact) mass is 908 g/mol. The molecule has 2 aliphatic heterocycles. The van der Waals surface area contributed by atoms with Crippen molar-refractivity contribution in [2.24, 2.45) is 11.8 Å². The second-order valence-corrected chi connectivity index (χ2v) is 21.4. The van der Waals surface area contributed by atoms with Gasteiger partial charge in [-0.2, -0.15) is 0 Å². The van der Waals surface area contributed by atoms with E-state index in [9.17, 15) is 23.6 Å². The van der Waals surface area contributed by atoms with Crippen LogP contribution in [0.25, 0.3) is 10.9 Å². The minimum absolute atomic E-state index is 0.147. The number of amides is 6. The first-order valence-corrected chi connectivity index (χ1v) is 23.8. The number of hydrogen-bond donors (Lipinski definition) is 3. The molecule has 1 aromatic heterocycles. The number of likely N-dealkylation sites (tertiary alicyclic amines) is 2. The molecule has 0 unspecified atom stereocenters. The third-order valence-corrected chi connectivity index (χ3v) is 14.5. The number of fused-ring (bicyclic) bond motifs is 2. The molecule has 0 radical (unpaired) electrons. The summed E-state index contributed by atoms with van der Waals surface area (Å²) in [5.74, 6) is -2.55. The molecule has 4 aliphatic rings. The van der Waals surface area contributed by atoms with Crippen LogP contribution in [-0.4, -0.2) is 135 Å². The Kier molecular flexibility index (Phi) is 14.9. The highest BCUT2D eigenvalue weighted by molar-refractivity contribution is 5.94. The molecule has 15 nitrogen and oxygen atoms in total. The van der Waals surface area contributed by atoms with Crippen molar-refractivity contribution in [3.63, 3.8) is 0 Å². The summed E-state index contributed by atoms with van der Waals surface area (Å²) in [5.41, 5.74) is -1.01. The van der Waals surface area contributed by atoms with E-state index in [0.29, 0.717) is 18.5 Å². The summed E-state index contributed by atoms with van der Waals surface area (Å²) in [6, 6.07) is 0.346. The molecule has 0 spiro atoms. The van der Waals surface area contributed by atoms with Gasteiger partial charge >= 0.3 is 12.2 Å². The van der Waals surface area contributed by atoms with Gasteiger partial charge in [-0.3, -0.25) is 29.0 Å². The average Bonchev–Trinajstić information content (AvgIpc) is 3.92. The molecule has 2 saturated carbocycles. The highest BCUT2D eigenvalue weighted by atomic mass is 19.1. The Bertz CT molecular complexity index is 2080. The molecule has 360 valence electrons. The largest absolute Gasteiger partial charge is 0.444 e. The smallest absolute Gasteiger partial charge is 0.410 e. The predicted octanol–water partition coefficient (Wildman–Crippen LogP) is 7.23. The fraction of sp³-hybridized carbons (Fsp3) is 0.714. The number of benzene rings is 1. The van der Waals surface area contributed by atoms with Crippen molar-refractivity contribution in [2.75, 3.05) is 27.2 Å². The lowest BCUT2D eigenvalue weighted by molar-refractivity contribution is -0.144. The number of hydrogen-bond acceptors (Lipinski definition) is 8. The average molecular weight is 908 g/mol. The lowest BCUT2D eigenvalue weighted by Gasteiger charge is -2.41. The van der Waals surface area contributed by atoms with E-state index in [-0.39, 0.29) is 30.2 Å². The number of carbonyl (C=O) groups excluding carboxylic acids is 6. The van der Waals surface area contributed by atoms with Gasteiger partial charge in [0.05, 0.1) is 11.6 Å². The van der Waals surface area contributed by atoms with Crippen molar-refractivity contribution in [1.29, 1.82) is 0 Å². The Balaban J connectivity index is 1.35. The fourth-order valence-corrected chi connectivity index (χ4v) is 10.6. The van der Waals surface area contributed by atoms with Gasteiger partial charge in [0.25, 0.3) is 0 Å². The van der Waals surface area contributed by atoms with E-state index in [1.165, 1.54) is 36.0 Å². The van der Waals surface area contributed by atoms with E-state index in [2.05, 4.69) is 15.6 Å². The van der Waals surface area contributed by atoms with Crippen molar-refractivity contribution in [3.05, 3.63) is 35.8 Å². The van der Waals surface area contributed by atoms with Gasteiger partial charge in [-0.15, -0.1) is 0 Å². The van der Waals surface area contributed by atoms with E-state index in [0.717, 1.165) is 75.2 Å². The Morgan fingerprint density at radius 2 is 1.25 bits per heavy atom. The minimum Gasteiger partial charge on any atom is -0.444 e. The fourth-order valence-electron chi connectivity index (χ4n) is 10.6. The second kappa shape index (κ2) is 19.5. The zero-order valence-corrected chi connectivity index (χ0v) is 40.6. The van der Waals surface area contributed by atoms with Gasteiger partial charge in [-0.05, 0) is 130 Å². The van der Waals surface area contributed by atoms with Crippen molar-refractivity contribution < 1.29 is 42.6 Å². The summed E-state index contributed by atoms with van der Waals surface area (Å²) < 4.78 is 25.7. The zero-order valence-electron chi connectivity index (χ0n) is 40.6. The molecule has 2 aromatic rings. The number of halogens is 1. The van der Waals surface area contributed by atoms with Gasteiger partial charge in [0, 0.05) is 50.2 Å². The van der Waals surface area contributed by atoms with Crippen molar-refractivity contribution in [2.45, 2.75) is 186 Å². The third kappa shape index (κ3) is 10.9. The maximum Gasteiger partial charge on any atom is 0.410 e. The molecule has 2 saturated heterocycles. The Hall–Kier alpha value is -4.89. The second-order valence-electron chi connectivity index (χ2n) is 21.4. The first kappa shape index (κ1) is 49.5. The van der Waals surface area contributed by atoms with E-state index in [1.54, 1.807) is 61.5 Å². The van der Waals surface area contributed by atoms with Gasteiger partial charge in [0.2, 0.25) is 23.6 Å². The number of H-pyrrole nitrogens is 1. The first-order valence-electron chi connectivity index (χ1n) is 23.8. The van der Waals surface area contributed by atoms with Crippen LogP contribution in [0.3, 0.4) is 0 Å². The molecule has 4 fully saturated rings. The molecule has 6 rings (SSSR count).